The van der Waals surface area contributed by atoms with E-state index in [1.807, 2.05) is 36.1 Å². The van der Waals surface area contributed by atoms with Crippen molar-refractivity contribution in [1.82, 2.24) is 15.5 Å². The molecule has 0 radical (unpaired) electrons. The van der Waals surface area contributed by atoms with Crippen LogP contribution in [0.4, 0.5) is 0 Å². The zero-order valence-electron chi connectivity index (χ0n) is 17.6. The molecule has 7 nitrogen and oxygen atoms in total. The largest absolute Gasteiger partial charge is 0.497 e. The van der Waals surface area contributed by atoms with Crippen LogP contribution in [0.25, 0.3) is 0 Å². The van der Waals surface area contributed by atoms with Gasteiger partial charge in [-0.1, -0.05) is 25.0 Å². The van der Waals surface area contributed by atoms with Crippen LogP contribution in [0.15, 0.2) is 29.3 Å². The maximum absolute atomic E-state index is 12.6. The van der Waals surface area contributed by atoms with Crippen LogP contribution in [0.5, 0.6) is 5.75 Å². The van der Waals surface area contributed by atoms with E-state index in [9.17, 15) is 9.90 Å². The number of hydrogen-bond acceptors (Lipinski definition) is 4. The molecule has 1 saturated heterocycles. The van der Waals surface area contributed by atoms with Gasteiger partial charge in [-0.2, -0.15) is 0 Å². The highest BCUT2D eigenvalue weighted by molar-refractivity contribution is 5.81. The van der Waals surface area contributed by atoms with Crippen LogP contribution >= 0.6 is 0 Å². The van der Waals surface area contributed by atoms with Crippen molar-refractivity contribution in [3.05, 3.63) is 29.8 Å². The van der Waals surface area contributed by atoms with Crippen molar-refractivity contribution < 1.29 is 14.6 Å². The van der Waals surface area contributed by atoms with Crippen LogP contribution in [-0.2, 0) is 4.79 Å². The van der Waals surface area contributed by atoms with E-state index in [1.54, 1.807) is 7.11 Å². The van der Waals surface area contributed by atoms with Crippen molar-refractivity contribution in [2.24, 2.45) is 10.9 Å². The van der Waals surface area contributed by atoms with E-state index in [0.29, 0.717) is 17.6 Å². The predicted octanol–water partition coefficient (Wildman–Crippen LogP) is 2.07. The Kier molecular flexibility index (Phi) is 7.75. The average Bonchev–Trinajstić information content (AvgIpc) is 3.44. The Morgan fingerprint density at radius 3 is 2.86 bits per heavy atom. The lowest BCUT2D eigenvalue weighted by molar-refractivity contribution is -0.134. The SMILES string of the molecule is CCNC(=NCC(O)c1cccc(OC)c1)NC1CCN(C(=O)C2CCCC2)C1. The third-order valence-corrected chi connectivity index (χ3v) is 5.79. The van der Waals surface area contributed by atoms with Gasteiger partial charge >= 0.3 is 0 Å². The number of likely N-dealkylation sites (tertiary alicyclic amines) is 1. The molecule has 29 heavy (non-hydrogen) atoms. The van der Waals surface area contributed by atoms with Crippen LogP contribution < -0.4 is 15.4 Å². The van der Waals surface area contributed by atoms with E-state index in [-0.39, 0.29) is 18.5 Å². The fourth-order valence-electron chi connectivity index (χ4n) is 4.15. The van der Waals surface area contributed by atoms with E-state index in [4.69, 9.17) is 4.74 Å². The van der Waals surface area contributed by atoms with Gasteiger partial charge in [0.2, 0.25) is 5.91 Å². The Morgan fingerprint density at radius 1 is 1.34 bits per heavy atom. The first-order valence-electron chi connectivity index (χ1n) is 10.8. The van der Waals surface area contributed by atoms with Crippen LogP contribution in [-0.4, -0.2) is 61.2 Å². The number of carbonyl (C=O) groups excluding carboxylic acids is 1. The molecule has 1 amide bonds. The summed E-state index contributed by atoms with van der Waals surface area (Å²) in [6, 6.07) is 7.59. The number of benzene rings is 1. The number of rotatable bonds is 7. The summed E-state index contributed by atoms with van der Waals surface area (Å²) >= 11 is 0. The molecule has 1 aromatic rings. The highest BCUT2D eigenvalue weighted by atomic mass is 16.5. The highest BCUT2D eigenvalue weighted by Gasteiger charge is 2.32. The summed E-state index contributed by atoms with van der Waals surface area (Å²) < 4.78 is 5.22. The summed E-state index contributed by atoms with van der Waals surface area (Å²) in [5, 5.41) is 17.2. The van der Waals surface area contributed by atoms with Gasteiger partial charge in [-0.25, -0.2) is 0 Å². The van der Waals surface area contributed by atoms with E-state index >= 15 is 0 Å². The van der Waals surface area contributed by atoms with Gasteiger partial charge in [0.15, 0.2) is 5.96 Å². The quantitative estimate of drug-likeness (QED) is 0.480. The summed E-state index contributed by atoms with van der Waals surface area (Å²) in [5.41, 5.74) is 0.776. The summed E-state index contributed by atoms with van der Waals surface area (Å²) in [6.45, 7) is 4.52. The topological polar surface area (TPSA) is 86.2 Å². The van der Waals surface area contributed by atoms with Crippen molar-refractivity contribution >= 4 is 11.9 Å². The van der Waals surface area contributed by atoms with Gasteiger partial charge in [0, 0.05) is 31.6 Å². The van der Waals surface area contributed by atoms with Crippen molar-refractivity contribution in [2.75, 3.05) is 33.3 Å². The number of methoxy groups -OCH3 is 1. The van der Waals surface area contributed by atoms with E-state index in [1.165, 1.54) is 12.8 Å². The molecule has 7 heteroatoms. The van der Waals surface area contributed by atoms with Crippen molar-refractivity contribution in [3.63, 3.8) is 0 Å². The molecule has 2 aliphatic rings. The minimum absolute atomic E-state index is 0.187. The molecular weight excluding hydrogens is 368 g/mol. The number of carbonyl (C=O) groups is 1. The minimum atomic E-state index is -0.704. The second-order valence-electron chi connectivity index (χ2n) is 7.91. The standard InChI is InChI=1S/C22H34N4O3/c1-3-23-22(24-14-20(27)17-9-6-10-19(13-17)29-2)25-18-11-12-26(15-18)21(28)16-7-4-5-8-16/h6,9-10,13,16,18,20,27H,3-5,7-8,11-12,14-15H2,1-2H3,(H2,23,24,25). The fourth-order valence-corrected chi connectivity index (χ4v) is 4.15. The van der Waals surface area contributed by atoms with Crippen LogP contribution in [0.2, 0.25) is 0 Å². The number of aliphatic hydroxyl groups excluding tert-OH is 1. The average molecular weight is 403 g/mol. The van der Waals surface area contributed by atoms with Crippen LogP contribution in [0.3, 0.4) is 0 Å². The lowest BCUT2D eigenvalue weighted by Crippen LogP contribution is -2.45. The molecule has 3 N–H and O–H groups in total. The molecule has 1 heterocycles. The number of guanidine groups is 1. The van der Waals surface area contributed by atoms with Gasteiger partial charge in [-0.3, -0.25) is 9.79 Å². The zero-order valence-corrected chi connectivity index (χ0v) is 17.6. The van der Waals surface area contributed by atoms with Gasteiger partial charge in [0.25, 0.3) is 0 Å². The third kappa shape index (κ3) is 5.85. The molecule has 1 aliphatic heterocycles. The number of hydrogen-bond donors (Lipinski definition) is 3. The lowest BCUT2D eigenvalue weighted by atomic mass is 10.1. The maximum atomic E-state index is 12.6. The Bertz CT molecular complexity index is 703. The molecule has 160 valence electrons. The molecule has 0 bridgehead atoms. The van der Waals surface area contributed by atoms with Crippen LogP contribution in [0, 0.1) is 5.92 Å². The second-order valence-corrected chi connectivity index (χ2v) is 7.91. The van der Waals surface area contributed by atoms with Gasteiger partial charge in [-0.15, -0.1) is 0 Å². The number of aliphatic imine (C=N–C) groups is 1. The van der Waals surface area contributed by atoms with Gasteiger partial charge in [0.05, 0.1) is 19.8 Å². The smallest absolute Gasteiger partial charge is 0.225 e. The van der Waals surface area contributed by atoms with E-state index in [2.05, 4.69) is 15.6 Å². The third-order valence-electron chi connectivity index (χ3n) is 5.79. The Morgan fingerprint density at radius 2 is 2.14 bits per heavy atom. The first kappa shape index (κ1) is 21.4. The Hall–Kier alpha value is -2.28. The molecule has 0 spiro atoms. The first-order chi connectivity index (χ1) is 14.1. The van der Waals surface area contributed by atoms with E-state index in [0.717, 1.165) is 44.5 Å². The fraction of sp³-hybridized carbons (Fsp3) is 0.636. The first-order valence-corrected chi connectivity index (χ1v) is 10.8. The number of nitrogens with zero attached hydrogens (tertiary/aromatic N) is 2. The van der Waals surface area contributed by atoms with Crippen molar-refractivity contribution in [2.45, 2.75) is 51.2 Å². The Labute approximate surface area is 173 Å². The molecule has 0 aromatic heterocycles. The number of ether oxygens (including phenoxy) is 1. The van der Waals surface area contributed by atoms with Crippen molar-refractivity contribution in [1.29, 1.82) is 0 Å². The summed E-state index contributed by atoms with van der Waals surface area (Å²) in [4.78, 5) is 19.2. The molecule has 2 fully saturated rings. The second kappa shape index (κ2) is 10.5. The number of nitrogens with one attached hydrogen (secondary N) is 2. The van der Waals surface area contributed by atoms with Gasteiger partial charge in [-0.05, 0) is 43.9 Å². The monoisotopic (exact) mass is 402 g/mol. The van der Waals surface area contributed by atoms with Crippen molar-refractivity contribution in [3.8, 4) is 5.75 Å². The number of amides is 1. The highest BCUT2D eigenvalue weighted by Crippen LogP contribution is 2.27. The van der Waals surface area contributed by atoms with Crippen LogP contribution in [0.1, 0.15) is 50.7 Å². The molecule has 2 atom stereocenters. The molecule has 2 unspecified atom stereocenters. The lowest BCUT2D eigenvalue weighted by Gasteiger charge is -2.21. The van der Waals surface area contributed by atoms with Gasteiger partial charge < -0.3 is 25.4 Å². The molecular formula is C22H34N4O3. The summed E-state index contributed by atoms with van der Waals surface area (Å²) in [5.74, 6) is 1.94. The summed E-state index contributed by atoms with van der Waals surface area (Å²) in [7, 11) is 1.61. The molecule has 3 rings (SSSR count). The molecule has 1 aliphatic carbocycles. The molecule has 1 saturated carbocycles. The Balaban J connectivity index is 1.54. The summed E-state index contributed by atoms with van der Waals surface area (Å²) in [6.07, 6.45) is 4.66. The minimum Gasteiger partial charge on any atom is -0.497 e. The maximum Gasteiger partial charge on any atom is 0.225 e. The number of aliphatic hydroxyl groups is 1. The van der Waals surface area contributed by atoms with Gasteiger partial charge in [0.1, 0.15) is 5.75 Å². The zero-order chi connectivity index (χ0) is 20.6. The molecule has 1 aromatic carbocycles. The predicted molar refractivity (Wildman–Crippen MR) is 114 cm³/mol. The van der Waals surface area contributed by atoms with E-state index < -0.39 is 6.10 Å². The normalized spacial score (nSPS) is 21.3.